The van der Waals surface area contributed by atoms with Crippen molar-refractivity contribution in [2.75, 3.05) is 32.9 Å². The van der Waals surface area contributed by atoms with Crippen LogP contribution in [0, 0.1) is 6.92 Å². The highest BCUT2D eigenvalue weighted by Crippen LogP contribution is 2.23. The van der Waals surface area contributed by atoms with E-state index in [0.717, 1.165) is 18.5 Å². The van der Waals surface area contributed by atoms with E-state index in [1.807, 2.05) is 31.1 Å². The molecule has 0 atom stereocenters. The molecule has 27 heavy (non-hydrogen) atoms. The van der Waals surface area contributed by atoms with E-state index in [4.69, 9.17) is 27.7 Å². The van der Waals surface area contributed by atoms with Crippen molar-refractivity contribution in [3.05, 3.63) is 45.5 Å². The fraction of sp³-hybridized carbons (Fsp3) is 0.500. The van der Waals surface area contributed by atoms with Crippen molar-refractivity contribution in [2.45, 2.75) is 25.6 Å². The number of aryl methyl sites for hydroxylation is 1. The van der Waals surface area contributed by atoms with Gasteiger partial charge in [-0.15, -0.1) is 11.8 Å². The SMILES string of the molecule is Cc1nc(CSCC(=O)N(CCCN(C)C)Cc2ccc(Cl)c(Cl)c2)no1. The summed E-state index contributed by atoms with van der Waals surface area (Å²) in [6.07, 6.45) is 0.898. The van der Waals surface area contributed by atoms with Gasteiger partial charge in [-0.25, -0.2) is 0 Å². The molecule has 0 saturated carbocycles. The summed E-state index contributed by atoms with van der Waals surface area (Å²) in [5, 5.41) is 4.86. The van der Waals surface area contributed by atoms with Gasteiger partial charge in [0.05, 0.1) is 21.6 Å². The van der Waals surface area contributed by atoms with Crippen LogP contribution in [0.5, 0.6) is 0 Å². The Morgan fingerprint density at radius 2 is 2.00 bits per heavy atom. The maximum atomic E-state index is 12.7. The maximum absolute atomic E-state index is 12.7. The van der Waals surface area contributed by atoms with Crippen molar-refractivity contribution in [2.24, 2.45) is 0 Å². The number of halogens is 2. The third-order valence-corrected chi connectivity index (χ3v) is 5.42. The first-order chi connectivity index (χ1) is 12.8. The zero-order valence-corrected chi connectivity index (χ0v) is 18.1. The van der Waals surface area contributed by atoms with Gasteiger partial charge >= 0.3 is 0 Å². The lowest BCUT2D eigenvalue weighted by Gasteiger charge is -2.24. The first-order valence-corrected chi connectivity index (χ1v) is 10.5. The summed E-state index contributed by atoms with van der Waals surface area (Å²) < 4.78 is 4.95. The van der Waals surface area contributed by atoms with Crippen LogP contribution in [0.4, 0.5) is 0 Å². The Bertz CT molecular complexity index is 755. The summed E-state index contributed by atoms with van der Waals surface area (Å²) in [7, 11) is 4.04. The lowest BCUT2D eigenvalue weighted by molar-refractivity contribution is -0.129. The van der Waals surface area contributed by atoms with Crippen LogP contribution in [0.3, 0.4) is 0 Å². The Hall–Kier alpha value is -1.28. The highest BCUT2D eigenvalue weighted by molar-refractivity contribution is 7.99. The molecular weight excluding hydrogens is 407 g/mol. The van der Waals surface area contributed by atoms with Crippen LogP contribution in [0.15, 0.2) is 22.7 Å². The first-order valence-electron chi connectivity index (χ1n) is 8.58. The Kier molecular flexibility index (Phi) is 8.89. The van der Waals surface area contributed by atoms with Gasteiger partial charge in [0.1, 0.15) is 0 Å². The molecule has 0 spiro atoms. The van der Waals surface area contributed by atoms with Crippen molar-refractivity contribution >= 4 is 40.9 Å². The fourth-order valence-corrected chi connectivity index (χ4v) is 3.53. The number of hydrogen-bond donors (Lipinski definition) is 0. The molecule has 0 unspecified atom stereocenters. The van der Waals surface area contributed by atoms with E-state index >= 15 is 0 Å². The van der Waals surface area contributed by atoms with Crippen LogP contribution < -0.4 is 0 Å². The van der Waals surface area contributed by atoms with Crippen molar-refractivity contribution in [1.29, 1.82) is 0 Å². The molecule has 1 amide bonds. The average Bonchev–Trinajstić information content (AvgIpc) is 3.02. The smallest absolute Gasteiger partial charge is 0.232 e. The molecule has 0 aliphatic heterocycles. The van der Waals surface area contributed by atoms with Crippen LogP contribution in [-0.4, -0.2) is 58.8 Å². The summed E-state index contributed by atoms with van der Waals surface area (Å²) in [6.45, 7) is 3.85. The zero-order chi connectivity index (χ0) is 19.8. The largest absolute Gasteiger partial charge is 0.340 e. The van der Waals surface area contributed by atoms with Crippen LogP contribution >= 0.6 is 35.0 Å². The fourth-order valence-electron chi connectivity index (χ4n) is 2.45. The van der Waals surface area contributed by atoms with Gasteiger partial charge in [0.25, 0.3) is 0 Å². The number of thioether (sulfide) groups is 1. The summed E-state index contributed by atoms with van der Waals surface area (Å²) in [4.78, 5) is 20.9. The van der Waals surface area contributed by atoms with E-state index in [-0.39, 0.29) is 5.91 Å². The predicted octanol–water partition coefficient (Wildman–Crippen LogP) is 3.90. The molecule has 0 aliphatic rings. The Morgan fingerprint density at radius 1 is 1.22 bits per heavy atom. The molecule has 0 fully saturated rings. The lowest BCUT2D eigenvalue weighted by atomic mass is 10.2. The second-order valence-electron chi connectivity index (χ2n) is 6.44. The molecule has 148 valence electrons. The van der Waals surface area contributed by atoms with Gasteiger partial charge in [0, 0.05) is 20.0 Å². The van der Waals surface area contributed by atoms with Crippen molar-refractivity contribution < 1.29 is 9.32 Å². The summed E-state index contributed by atoms with van der Waals surface area (Å²) in [5.41, 5.74) is 0.960. The highest BCUT2D eigenvalue weighted by Gasteiger charge is 2.15. The minimum atomic E-state index is 0.0741. The van der Waals surface area contributed by atoms with Gasteiger partial charge in [-0.3, -0.25) is 4.79 Å². The summed E-state index contributed by atoms with van der Waals surface area (Å²) in [5.74, 6) is 2.11. The Balaban J connectivity index is 1.94. The van der Waals surface area contributed by atoms with Crippen molar-refractivity contribution in [1.82, 2.24) is 19.9 Å². The van der Waals surface area contributed by atoms with Gasteiger partial charge in [-0.05, 0) is 44.8 Å². The van der Waals surface area contributed by atoms with Crippen molar-refractivity contribution in [3.8, 4) is 0 Å². The third kappa shape index (κ3) is 7.70. The topological polar surface area (TPSA) is 62.5 Å². The second kappa shape index (κ2) is 10.9. The number of rotatable bonds is 10. The molecule has 6 nitrogen and oxygen atoms in total. The number of carbonyl (C=O) groups is 1. The van der Waals surface area contributed by atoms with E-state index in [1.165, 1.54) is 11.8 Å². The molecule has 9 heteroatoms. The molecular formula is C18H24Cl2N4O2S. The van der Waals surface area contributed by atoms with E-state index in [0.29, 0.717) is 46.4 Å². The van der Waals surface area contributed by atoms with Gasteiger partial charge in [-0.1, -0.05) is 34.4 Å². The van der Waals surface area contributed by atoms with E-state index in [2.05, 4.69) is 15.0 Å². The van der Waals surface area contributed by atoms with Crippen molar-refractivity contribution in [3.63, 3.8) is 0 Å². The molecule has 0 aliphatic carbocycles. The van der Waals surface area contributed by atoms with Gasteiger partial charge < -0.3 is 14.3 Å². The average molecular weight is 431 g/mol. The molecule has 2 rings (SSSR count). The third-order valence-electron chi connectivity index (χ3n) is 3.77. The number of aromatic nitrogens is 2. The quantitative estimate of drug-likeness (QED) is 0.569. The second-order valence-corrected chi connectivity index (χ2v) is 8.24. The lowest BCUT2D eigenvalue weighted by Crippen LogP contribution is -2.34. The molecule has 0 radical (unpaired) electrons. The van der Waals surface area contributed by atoms with E-state index in [1.54, 1.807) is 13.0 Å². The Labute approximate surface area is 174 Å². The van der Waals surface area contributed by atoms with Gasteiger partial charge in [-0.2, -0.15) is 4.98 Å². The van der Waals surface area contributed by atoms with Crippen LogP contribution in [-0.2, 0) is 17.1 Å². The predicted molar refractivity (Wildman–Crippen MR) is 110 cm³/mol. The monoisotopic (exact) mass is 430 g/mol. The molecule has 1 aromatic heterocycles. The number of benzene rings is 1. The number of nitrogens with zero attached hydrogens (tertiary/aromatic N) is 4. The molecule has 2 aromatic rings. The minimum absolute atomic E-state index is 0.0741. The first kappa shape index (κ1) is 22.0. The molecule has 1 aromatic carbocycles. The maximum Gasteiger partial charge on any atom is 0.232 e. The van der Waals surface area contributed by atoms with E-state index in [9.17, 15) is 4.79 Å². The number of carbonyl (C=O) groups excluding carboxylic acids is 1. The zero-order valence-electron chi connectivity index (χ0n) is 15.7. The number of amides is 1. The van der Waals surface area contributed by atoms with Gasteiger partial charge in [0.2, 0.25) is 11.8 Å². The molecule has 0 N–H and O–H groups in total. The van der Waals surface area contributed by atoms with Crippen LogP contribution in [0.25, 0.3) is 0 Å². The normalized spacial score (nSPS) is 11.2. The standard InChI is InChI=1S/C18H24Cl2N4O2S/c1-13-21-17(22-26-13)11-27-12-18(25)24(8-4-7-23(2)3)10-14-5-6-15(19)16(20)9-14/h5-6,9H,4,7-8,10-12H2,1-3H3. The molecule has 0 saturated heterocycles. The minimum Gasteiger partial charge on any atom is -0.340 e. The Morgan fingerprint density at radius 3 is 2.63 bits per heavy atom. The molecule has 0 bridgehead atoms. The number of hydrogen-bond acceptors (Lipinski definition) is 6. The highest BCUT2D eigenvalue weighted by atomic mass is 35.5. The van der Waals surface area contributed by atoms with Gasteiger partial charge in [0.15, 0.2) is 5.82 Å². The van der Waals surface area contributed by atoms with Crippen LogP contribution in [0.2, 0.25) is 10.0 Å². The summed E-state index contributed by atoms with van der Waals surface area (Å²) in [6, 6.07) is 5.47. The molecule has 1 heterocycles. The van der Waals surface area contributed by atoms with Crippen LogP contribution in [0.1, 0.15) is 23.7 Å². The van der Waals surface area contributed by atoms with E-state index < -0.39 is 0 Å². The summed E-state index contributed by atoms with van der Waals surface area (Å²) >= 11 is 13.6.